The highest BCUT2D eigenvalue weighted by Gasteiger charge is 2.23. The van der Waals surface area contributed by atoms with Crippen LogP contribution in [0.1, 0.15) is 36.0 Å². The van der Waals surface area contributed by atoms with Crippen molar-refractivity contribution in [3.8, 4) is 5.75 Å². The molecule has 2 aromatic carbocycles. The third-order valence-corrected chi connectivity index (χ3v) is 4.50. The number of methoxy groups -OCH3 is 1. The van der Waals surface area contributed by atoms with Gasteiger partial charge in [0.2, 0.25) is 0 Å². The molecule has 21 heavy (non-hydrogen) atoms. The highest BCUT2D eigenvalue weighted by atomic mass is 16.5. The average molecular weight is 281 g/mol. The van der Waals surface area contributed by atoms with Gasteiger partial charge in [-0.05, 0) is 48.3 Å². The van der Waals surface area contributed by atoms with Crippen LogP contribution >= 0.6 is 0 Å². The summed E-state index contributed by atoms with van der Waals surface area (Å²) >= 11 is 0. The van der Waals surface area contributed by atoms with Crippen LogP contribution in [0.5, 0.6) is 5.75 Å². The van der Waals surface area contributed by atoms with Crippen molar-refractivity contribution < 1.29 is 4.74 Å². The molecule has 1 atom stereocenters. The number of benzene rings is 2. The highest BCUT2D eigenvalue weighted by Crippen LogP contribution is 2.35. The summed E-state index contributed by atoms with van der Waals surface area (Å²) in [6.45, 7) is 5.50. The quantitative estimate of drug-likeness (QED) is 0.841. The Morgan fingerprint density at radius 3 is 2.67 bits per heavy atom. The van der Waals surface area contributed by atoms with Crippen LogP contribution in [-0.2, 0) is 6.54 Å². The SMILES string of the molecule is CCN1CC[C@@H](c2ccccc2)c2ccc(OC)cc2C1. The second-order valence-corrected chi connectivity index (χ2v) is 5.69. The van der Waals surface area contributed by atoms with Crippen molar-refractivity contribution >= 4 is 0 Å². The predicted molar refractivity (Wildman–Crippen MR) is 86.8 cm³/mol. The Morgan fingerprint density at radius 2 is 1.95 bits per heavy atom. The number of ether oxygens (including phenoxy) is 1. The van der Waals surface area contributed by atoms with Crippen LogP contribution in [0.4, 0.5) is 0 Å². The van der Waals surface area contributed by atoms with Crippen molar-refractivity contribution in [2.75, 3.05) is 20.2 Å². The molecule has 1 aliphatic rings. The fourth-order valence-electron chi connectivity index (χ4n) is 3.27. The van der Waals surface area contributed by atoms with Crippen LogP contribution in [-0.4, -0.2) is 25.1 Å². The maximum atomic E-state index is 5.41. The molecule has 0 radical (unpaired) electrons. The summed E-state index contributed by atoms with van der Waals surface area (Å²) in [6.07, 6.45) is 1.18. The molecule has 0 spiro atoms. The van der Waals surface area contributed by atoms with Crippen molar-refractivity contribution in [1.29, 1.82) is 0 Å². The van der Waals surface area contributed by atoms with Gasteiger partial charge in [0.15, 0.2) is 0 Å². The molecule has 1 aliphatic heterocycles. The smallest absolute Gasteiger partial charge is 0.119 e. The van der Waals surface area contributed by atoms with E-state index in [0.717, 1.165) is 25.4 Å². The lowest BCUT2D eigenvalue weighted by molar-refractivity contribution is 0.281. The van der Waals surface area contributed by atoms with Crippen molar-refractivity contribution in [3.63, 3.8) is 0 Å². The Morgan fingerprint density at radius 1 is 1.14 bits per heavy atom. The Hall–Kier alpha value is -1.80. The van der Waals surface area contributed by atoms with Gasteiger partial charge in [-0.25, -0.2) is 0 Å². The molecule has 0 aliphatic carbocycles. The van der Waals surface area contributed by atoms with Gasteiger partial charge in [0.25, 0.3) is 0 Å². The Bertz CT molecular complexity index is 594. The van der Waals surface area contributed by atoms with E-state index in [4.69, 9.17) is 4.74 Å². The molecule has 0 bridgehead atoms. The predicted octanol–water partition coefficient (Wildman–Crippen LogP) is 4.05. The van der Waals surface area contributed by atoms with Crippen LogP contribution in [0.25, 0.3) is 0 Å². The monoisotopic (exact) mass is 281 g/mol. The lowest BCUT2D eigenvalue weighted by Gasteiger charge is -2.18. The molecule has 2 aromatic rings. The molecule has 2 heteroatoms. The number of hydrogen-bond acceptors (Lipinski definition) is 2. The number of nitrogens with zero attached hydrogens (tertiary/aromatic N) is 1. The normalized spacial score (nSPS) is 18.9. The van der Waals surface area contributed by atoms with Crippen molar-refractivity contribution in [1.82, 2.24) is 4.90 Å². The molecule has 3 rings (SSSR count). The molecular weight excluding hydrogens is 258 g/mol. The lowest BCUT2D eigenvalue weighted by Crippen LogP contribution is -2.22. The van der Waals surface area contributed by atoms with Crippen molar-refractivity contribution in [2.45, 2.75) is 25.8 Å². The third-order valence-electron chi connectivity index (χ3n) is 4.50. The first-order valence-electron chi connectivity index (χ1n) is 7.76. The lowest BCUT2D eigenvalue weighted by atomic mass is 9.86. The molecule has 0 amide bonds. The standard InChI is InChI=1S/C19H23NO/c1-3-20-12-11-19(15-7-5-4-6-8-15)18-10-9-17(21-2)13-16(18)14-20/h4-10,13,19H,3,11-12,14H2,1-2H3/t19-/m0/s1. The Kier molecular flexibility index (Phi) is 4.26. The summed E-state index contributed by atoms with van der Waals surface area (Å²) in [5.74, 6) is 1.45. The van der Waals surface area contributed by atoms with Crippen LogP contribution in [0.2, 0.25) is 0 Å². The van der Waals surface area contributed by atoms with Gasteiger partial charge in [-0.3, -0.25) is 4.90 Å². The van der Waals surface area contributed by atoms with Crippen LogP contribution in [0.15, 0.2) is 48.5 Å². The van der Waals surface area contributed by atoms with Gasteiger partial charge in [0.1, 0.15) is 5.75 Å². The van der Waals surface area contributed by atoms with E-state index in [-0.39, 0.29) is 0 Å². The minimum Gasteiger partial charge on any atom is -0.497 e. The first kappa shape index (κ1) is 14.2. The largest absolute Gasteiger partial charge is 0.497 e. The van der Waals surface area contributed by atoms with Gasteiger partial charge in [-0.15, -0.1) is 0 Å². The minimum absolute atomic E-state index is 0.489. The van der Waals surface area contributed by atoms with Gasteiger partial charge >= 0.3 is 0 Å². The van der Waals surface area contributed by atoms with Crippen LogP contribution in [0, 0.1) is 0 Å². The first-order valence-corrected chi connectivity index (χ1v) is 7.76. The molecule has 110 valence electrons. The third kappa shape index (κ3) is 2.96. The van der Waals surface area contributed by atoms with Crippen LogP contribution < -0.4 is 4.74 Å². The molecule has 0 fully saturated rings. The fourth-order valence-corrected chi connectivity index (χ4v) is 3.27. The van der Waals surface area contributed by atoms with E-state index < -0.39 is 0 Å². The minimum atomic E-state index is 0.489. The van der Waals surface area contributed by atoms with Gasteiger partial charge in [0.05, 0.1) is 7.11 Å². The van der Waals surface area contributed by atoms with E-state index >= 15 is 0 Å². The molecule has 0 aromatic heterocycles. The zero-order chi connectivity index (χ0) is 14.7. The fraction of sp³-hybridized carbons (Fsp3) is 0.368. The highest BCUT2D eigenvalue weighted by molar-refractivity contribution is 5.43. The summed E-state index contributed by atoms with van der Waals surface area (Å²) in [5, 5.41) is 0. The van der Waals surface area contributed by atoms with Crippen LogP contribution in [0.3, 0.4) is 0 Å². The summed E-state index contributed by atoms with van der Waals surface area (Å²) in [7, 11) is 1.74. The molecule has 0 saturated heterocycles. The molecular formula is C19H23NO. The van der Waals surface area contributed by atoms with Gasteiger partial charge in [-0.1, -0.05) is 43.3 Å². The number of hydrogen-bond donors (Lipinski definition) is 0. The maximum Gasteiger partial charge on any atom is 0.119 e. The molecule has 0 saturated carbocycles. The topological polar surface area (TPSA) is 12.5 Å². The van der Waals surface area contributed by atoms with Gasteiger partial charge in [-0.2, -0.15) is 0 Å². The molecule has 0 unspecified atom stereocenters. The van der Waals surface area contributed by atoms with E-state index in [1.807, 2.05) is 0 Å². The zero-order valence-corrected chi connectivity index (χ0v) is 12.9. The van der Waals surface area contributed by atoms with E-state index in [2.05, 4.69) is 60.4 Å². The zero-order valence-electron chi connectivity index (χ0n) is 12.9. The van der Waals surface area contributed by atoms with E-state index in [0.29, 0.717) is 5.92 Å². The van der Waals surface area contributed by atoms with E-state index in [1.54, 1.807) is 7.11 Å². The van der Waals surface area contributed by atoms with Crippen molar-refractivity contribution in [3.05, 3.63) is 65.2 Å². The Labute approximate surface area is 127 Å². The van der Waals surface area contributed by atoms with E-state index in [1.165, 1.54) is 23.1 Å². The van der Waals surface area contributed by atoms with Crippen molar-refractivity contribution in [2.24, 2.45) is 0 Å². The summed E-state index contributed by atoms with van der Waals surface area (Å²) in [6, 6.07) is 17.4. The summed E-state index contributed by atoms with van der Waals surface area (Å²) in [5.41, 5.74) is 4.28. The Balaban J connectivity index is 2.04. The molecule has 2 nitrogen and oxygen atoms in total. The molecule has 0 N–H and O–H groups in total. The number of rotatable bonds is 3. The second-order valence-electron chi connectivity index (χ2n) is 5.69. The summed E-state index contributed by atoms with van der Waals surface area (Å²) < 4.78 is 5.41. The van der Waals surface area contributed by atoms with E-state index in [9.17, 15) is 0 Å². The summed E-state index contributed by atoms with van der Waals surface area (Å²) in [4.78, 5) is 2.52. The maximum absolute atomic E-state index is 5.41. The number of fused-ring (bicyclic) bond motifs is 1. The average Bonchev–Trinajstić information content (AvgIpc) is 2.74. The first-order chi connectivity index (χ1) is 10.3. The van der Waals surface area contributed by atoms with Gasteiger partial charge < -0.3 is 4.74 Å². The second kappa shape index (κ2) is 6.31. The van der Waals surface area contributed by atoms with Gasteiger partial charge in [0, 0.05) is 12.5 Å². The molecule has 1 heterocycles.